The number of urea groups is 1. The lowest BCUT2D eigenvalue weighted by molar-refractivity contribution is -0.143. The highest BCUT2D eigenvalue weighted by atomic mass is 79.9. The zero-order chi connectivity index (χ0) is 23.4. The number of anilines is 1. The number of benzene rings is 2. The fourth-order valence-electron chi connectivity index (χ4n) is 2.22. The molecule has 0 aliphatic heterocycles. The lowest BCUT2D eigenvalue weighted by Gasteiger charge is -2.14. The van der Waals surface area contributed by atoms with Crippen molar-refractivity contribution in [2.24, 2.45) is 0 Å². The molecule has 6 nitrogen and oxygen atoms in total. The Morgan fingerprint density at radius 1 is 0.968 bits per heavy atom. The molecular weight excluding hydrogens is 502 g/mol. The number of carbonyl (C=O) groups excluding carboxylic acids is 2. The topological polar surface area (TPSA) is 76.7 Å². The summed E-state index contributed by atoms with van der Waals surface area (Å²) in [5.41, 5.74) is -2.95. The van der Waals surface area contributed by atoms with Crippen LogP contribution in [0.2, 0.25) is 0 Å². The first-order chi connectivity index (χ1) is 14.3. The van der Waals surface area contributed by atoms with Crippen LogP contribution in [0.1, 0.15) is 11.1 Å². The van der Waals surface area contributed by atoms with Gasteiger partial charge < -0.3 is 14.8 Å². The monoisotopic (exact) mass is 514 g/mol. The summed E-state index contributed by atoms with van der Waals surface area (Å²) in [5.74, 6) is -1.56. The minimum absolute atomic E-state index is 0.0765. The number of nitrogens with one attached hydrogen (secondary N) is 2. The number of carbonyl (C=O) groups is 2. The molecule has 0 bridgehead atoms. The van der Waals surface area contributed by atoms with Gasteiger partial charge in [0.05, 0.1) is 22.7 Å². The highest BCUT2D eigenvalue weighted by Gasteiger charge is 2.37. The van der Waals surface area contributed by atoms with E-state index in [0.29, 0.717) is 22.4 Å². The van der Waals surface area contributed by atoms with Crippen molar-refractivity contribution in [3.63, 3.8) is 0 Å². The smallest absolute Gasteiger partial charge is 0.416 e. The van der Waals surface area contributed by atoms with Crippen molar-refractivity contribution < 1.29 is 45.4 Å². The fraction of sp³-hybridized carbons (Fsp3) is 0.222. The van der Waals surface area contributed by atoms with E-state index in [1.165, 1.54) is 19.2 Å². The first-order valence-corrected chi connectivity index (χ1v) is 8.95. The molecule has 0 heterocycles. The van der Waals surface area contributed by atoms with Crippen LogP contribution in [0.15, 0.2) is 40.9 Å². The van der Waals surface area contributed by atoms with Crippen molar-refractivity contribution in [1.82, 2.24) is 5.32 Å². The molecule has 0 spiro atoms. The van der Waals surface area contributed by atoms with Crippen molar-refractivity contribution in [1.29, 1.82) is 0 Å². The summed E-state index contributed by atoms with van der Waals surface area (Å²) in [5, 5.41) is 4.14. The van der Waals surface area contributed by atoms with E-state index in [-0.39, 0.29) is 11.8 Å². The zero-order valence-electron chi connectivity index (χ0n) is 15.4. The van der Waals surface area contributed by atoms with Gasteiger partial charge in [-0.05, 0) is 46.3 Å². The molecule has 2 aromatic rings. The number of hydrogen-bond acceptors (Lipinski definition) is 4. The van der Waals surface area contributed by atoms with Gasteiger partial charge >= 0.3 is 18.4 Å². The van der Waals surface area contributed by atoms with Gasteiger partial charge in [-0.15, -0.1) is 0 Å². The van der Waals surface area contributed by atoms with E-state index >= 15 is 0 Å². The van der Waals surface area contributed by atoms with Crippen molar-refractivity contribution >= 4 is 33.6 Å². The van der Waals surface area contributed by atoms with Gasteiger partial charge in [0.2, 0.25) is 0 Å². The first-order valence-electron chi connectivity index (χ1n) is 8.16. The average Bonchev–Trinajstić information content (AvgIpc) is 2.66. The van der Waals surface area contributed by atoms with E-state index in [1.54, 1.807) is 6.07 Å². The summed E-state index contributed by atoms with van der Waals surface area (Å²) >= 11 is 3.21. The van der Waals surface area contributed by atoms with Crippen LogP contribution in [0.4, 0.5) is 36.8 Å². The normalized spacial score (nSPS) is 11.6. The predicted octanol–water partition coefficient (Wildman–Crippen LogP) is 5.22. The van der Waals surface area contributed by atoms with Crippen molar-refractivity contribution in [2.75, 3.05) is 19.0 Å². The third-order valence-corrected chi connectivity index (χ3v) is 4.25. The minimum Gasteiger partial charge on any atom is -0.495 e. The van der Waals surface area contributed by atoms with Gasteiger partial charge in [0.1, 0.15) is 11.5 Å². The molecule has 0 unspecified atom stereocenters. The molecule has 0 aliphatic rings. The lowest BCUT2D eigenvalue weighted by atomic mass is 10.1. The van der Waals surface area contributed by atoms with E-state index in [1.807, 2.05) is 5.32 Å². The van der Waals surface area contributed by atoms with Crippen molar-refractivity contribution in [3.8, 4) is 11.5 Å². The van der Waals surface area contributed by atoms with E-state index in [9.17, 15) is 35.9 Å². The molecule has 0 atom stereocenters. The Balaban J connectivity index is 2.03. The number of hydrogen-bond donors (Lipinski definition) is 2. The third-order valence-electron chi connectivity index (χ3n) is 3.59. The standard InChI is InChI=1S/C18H13BrF6N2O4/c1-30-14-7-11(2-3-13(14)19)26-16(29)27-15(28)8-31-12-5-9(17(20,21)22)4-10(6-12)18(23,24)25/h2-7H,8H2,1H3,(H2,26,27,28,29). The van der Waals surface area contributed by atoms with Crippen LogP contribution in [0.25, 0.3) is 0 Å². The Labute approximate surface area is 179 Å². The summed E-state index contributed by atoms with van der Waals surface area (Å²) in [6.45, 7) is -1.00. The molecule has 31 heavy (non-hydrogen) atoms. The predicted molar refractivity (Wildman–Crippen MR) is 99.8 cm³/mol. The van der Waals surface area contributed by atoms with Gasteiger partial charge in [0.25, 0.3) is 5.91 Å². The number of imide groups is 1. The fourth-order valence-corrected chi connectivity index (χ4v) is 2.63. The number of rotatable bonds is 5. The number of alkyl halides is 6. The maximum Gasteiger partial charge on any atom is 0.416 e. The van der Waals surface area contributed by atoms with E-state index < -0.39 is 47.8 Å². The summed E-state index contributed by atoms with van der Waals surface area (Å²) in [7, 11) is 1.39. The van der Waals surface area contributed by atoms with Crippen LogP contribution in [0, 0.1) is 0 Å². The van der Waals surface area contributed by atoms with Crippen LogP contribution in [-0.2, 0) is 17.1 Å². The van der Waals surface area contributed by atoms with E-state index in [2.05, 4.69) is 21.2 Å². The Morgan fingerprint density at radius 2 is 1.55 bits per heavy atom. The van der Waals surface area contributed by atoms with Crippen molar-refractivity contribution in [2.45, 2.75) is 12.4 Å². The number of halogens is 7. The maximum atomic E-state index is 12.8. The van der Waals surface area contributed by atoms with Gasteiger partial charge in [-0.3, -0.25) is 10.1 Å². The molecule has 0 aliphatic carbocycles. The zero-order valence-corrected chi connectivity index (χ0v) is 17.0. The molecule has 0 saturated heterocycles. The maximum absolute atomic E-state index is 12.8. The van der Waals surface area contributed by atoms with Crippen LogP contribution in [0.5, 0.6) is 11.5 Å². The Kier molecular flexibility index (Phi) is 7.41. The second-order valence-electron chi connectivity index (χ2n) is 5.88. The molecule has 2 N–H and O–H groups in total. The molecule has 3 amide bonds. The van der Waals surface area contributed by atoms with Crippen LogP contribution in [-0.4, -0.2) is 25.7 Å². The summed E-state index contributed by atoms with van der Waals surface area (Å²) in [6, 6.07) is 4.03. The molecule has 13 heteroatoms. The summed E-state index contributed by atoms with van der Waals surface area (Å²) in [4.78, 5) is 23.6. The molecule has 0 saturated carbocycles. The molecule has 2 rings (SSSR count). The van der Waals surface area contributed by atoms with Crippen LogP contribution in [0.3, 0.4) is 0 Å². The Hall–Kier alpha value is -2.96. The summed E-state index contributed by atoms with van der Waals surface area (Å²) in [6.07, 6.45) is -10.1. The van der Waals surface area contributed by atoms with E-state index in [0.717, 1.165) is 0 Å². The molecule has 2 aromatic carbocycles. The van der Waals surface area contributed by atoms with Crippen molar-refractivity contribution in [3.05, 3.63) is 52.0 Å². The van der Waals surface area contributed by atoms with Gasteiger partial charge in [0.15, 0.2) is 6.61 Å². The lowest BCUT2D eigenvalue weighted by Crippen LogP contribution is -2.37. The summed E-state index contributed by atoms with van der Waals surface area (Å²) < 4.78 is 87.3. The van der Waals surface area contributed by atoms with Gasteiger partial charge in [-0.1, -0.05) is 0 Å². The Morgan fingerprint density at radius 3 is 2.06 bits per heavy atom. The highest BCUT2D eigenvalue weighted by molar-refractivity contribution is 9.10. The second-order valence-corrected chi connectivity index (χ2v) is 6.74. The quantitative estimate of drug-likeness (QED) is 0.536. The third kappa shape index (κ3) is 7.05. The number of methoxy groups -OCH3 is 1. The Bertz CT molecular complexity index is 946. The number of amides is 3. The largest absolute Gasteiger partial charge is 0.495 e. The molecule has 168 valence electrons. The molecule has 0 fully saturated rings. The first kappa shape index (κ1) is 24.3. The van der Waals surface area contributed by atoms with Gasteiger partial charge in [-0.25, -0.2) is 4.79 Å². The molecule has 0 aromatic heterocycles. The minimum atomic E-state index is -5.06. The second kappa shape index (κ2) is 9.45. The van der Waals surface area contributed by atoms with Crippen LogP contribution < -0.4 is 20.1 Å². The van der Waals surface area contributed by atoms with Gasteiger partial charge in [-0.2, -0.15) is 26.3 Å². The van der Waals surface area contributed by atoms with Gasteiger partial charge in [0, 0.05) is 11.8 Å². The van der Waals surface area contributed by atoms with Crippen LogP contribution >= 0.6 is 15.9 Å². The highest BCUT2D eigenvalue weighted by Crippen LogP contribution is 2.38. The SMILES string of the molecule is COc1cc(NC(=O)NC(=O)COc2cc(C(F)(F)F)cc(C(F)(F)F)c2)ccc1Br. The van der Waals surface area contributed by atoms with E-state index in [4.69, 9.17) is 9.47 Å². The number of ether oxygens (including phenoxy) is 2. The average molecular weight is 515 g/mol. The molecule has 0 radical (unpaired) electrons. The molecular formula is C18H13BrF6N2O4.